The maximum absolute atomic E-state index is 12.4. The molecule has 1 aliphatic rings. The highest BCUT2D eigenvalue weighted by Crippen LogP contribution is 2.40. The normalized spacial score (nSPS) is 19.1. The largest absolute Gasteiger partial charge is 0.294 e. The van der Waals surface area contributed by atoms with Crippen LogP contribution in [0, 0.1) is 11.3 Å². The zero-order valence-electron chi connectivity index (χ0n) is 12.2. The van der Waals surface area contributed by atoms with E-state index in [0.717, 1.165) is 5.56 Å². The van der Waals surface area contributed by atoms with E-state index in [0.29, 0.717) is 12.3 Å². The van der Waals surface area contributed by atoms with Gasteiger partial charge < -0.3 is 0 Å². The summed E-state index contributed by atoms with van der Waals surface area (Å²) in [6.45, 7) is 8.80. The van der Waals surface area contributed by atoms with E-state index in [2.05, 4.69) is 39.8 Å². The van der Waals surface area contributed by atoms with Crippen LogP contribution < -0.4 is 0 Å². The molecule has 1 nitrogen and oxygen atoms in total. The number of hydrogen-bond donors (Lipinski definition) is 0. The zero-order valence-corrected chi connectivity index (χ0v) is 12.2. The highest BCUT2D eigenvalue weighted by molar-refractivity contribution is 5.97. The van der Waals surface area contributed by atoms with Crippen LogP contribution in [-0.2, 0) is 0 Å². The second-order valence-electron chi connectivity index (χ2n) is 6.38. The Bertz CT molecular complexity index is 527. The fourth-order valence-electron chi connectivity index (χ4n) is 2.67. The molecule has 1 aromatic carbocycles. The Morgan fingerprint density at radius 1 is 1.16 bits per heavy atom. The van der Waals surface area contributed by atoms with Gasteiger partial charge in [-0.05, 0) is 12.3 Å². The smallest absolute Gasteiger partial charge is 0.166 e. The first-order chi connectivity index (χ1) is 8.89. The van der Waals surface area contributed by atoms with Crippen molar-refractivity contribution in [2.75, 3.05) is 0 Å². The second kappa shape index (κ2) is 5.16. The molecule has 1 aromatic rings. The van der Waals surface area contributed by atoms with E-state index in [9.17, 15) is 4.79 Å². The Morgan fingerprint density at radius 2 is 1.79 bits per heavy atom. The quantitative estimate of drug-likeness (QED) is 0.707. The van der Waals surface area contributed by atoms with E-state index in [4.69, 9.17) is 0 Å². The van der Waals surface area contributed by atoms with Crippen LogP contribution in [0.2, 0.25) is 0 Å². The van der Waals surface area contributed by atoms with Crippen molar-refractivity contribution in [3.8, 4) is 0 Å². The van der Waals surface area contributed by atoms with E-state index < -0.39 is 0 Å². The molecule has 0 aliphatic heterocycles. The molecule has 0 heterocycles. The number of hydrogen-bond acceptors (Lipinski definition) is 1. The minimum Gasteiger partial charge on any atom is -0.294 e. The first kappa shape index (κ1) is 13.8. The van der Waals surface area contributed by atoms with Crippen molar-refractivity contribution in [2.45, 2.75) is 34.1 Å². The monoisotopic (exact) mass is 254 g/mol. The molecule has 0 saturated heterocycles. The lowest BCUT2D eigenvalue weighted by Crippen LogP contribution is -2.20. The van der Waals surface area contributed by atoms with Crippen molar-refractivity contribution in [3.63, 3.8) is 0 Å². The maximum atomic E-state index is 12.4. The van der Waals surface area contributed by atoms with Crippen molar-refractivity contribution in [3.05, 3.63) is 59.2 Å². The summed E-state index contributed by atoms with van der Waals surface area (Å²) in [6.07, 6.45) is 4.93. The van der Waals surface area contributed by atoms with Crippen LogP contribution in [0.4, 0.5) is 0 Å². The number of allylic oxidation sites excluding steroid dienone is 4. The van der Waals surface area contributed by atoms with Crippen LogP contribution in [0.15, 0.2) is 53.6 Å². The fraction of sp³-hybridized carbons (Fsp3) is 0.389. The molecule has 2 rings (SSSR count). The van der Waals surface area contributed by atoms with Crippen LogP contribution in [0.1, 0.15) is 44.5 Å². The third-order valence-electron chi connectivity index (χ3n) is 3.80. The number of benzene rings is 1. The Kier molecular flexibility index (Phi) is 3.75. The molecule has 0 radical (unpaired) electrons. The van der Waals surface area contributed by atoms with E-state index in [-0.39, 0.29) is 11.2 Å². The summed E-state index contributed by atoms with van der Waals surface area (Å²) in [5.74, 6) is 0.591. The summed E-state index contributed by atoms with van der Waals surface area (Å²) in [5, 5.41) is 0. The number of ketones is 1. The van der Waals surface area contributed by atoms with Crippen LogP contribution in [0.3, 0.4) is 0 Å². The van der Waals surface area contributed by atoms with Gasteiger partial charge in [0.15, 0.2) is 5.78 Å². The molecule has 1 aliphatic carbocycles. The Morgan fingerprint density at radius 3 is 2.37 bits per heavy atom. The van der Waals surface area contributed by atoms with E-state index in [1.165, 1.54) is 11.1 Å². The summed E-state index contributed by atoms with van der Waals surface area (Å²) in [6, 6.07) is 9.57. The number of carbonyl (C=O) groups is 1. The Hall–Kier alpha value is -1.63. The third kappa shape index (κ3) is 3.04. The molecule has 1 unspecified atom stereocenters. The van der Waals surface area contributed by atoms with Crippen LogP contribution in [-0.4, -0.2) is 5.78 Å². The summed E-state index contributed by atoms with van der Waals surface area (Å²) in [4.78, 5) is 12.4. The van der Waals surface area contributed by atoms with Crippen molar-refractivity contribution in [2.24, 2.45) is 11.3 Å². The highest BCUT2D eigenvalue weighted by atomic mass is 16.1. The molecule has 0 spiro atoms. The summed E-state index contributed by atoms with van der Waals surface area (Å²) in [7, 11) is 0. The van der Waals surface area contributed by atoms with Crippen molar-refractivity contribution in [1.82, 2.24) is 0 Å². The average molecular weight is 254 g/mol. The molecule has 0 bridgehead atoms. The Balaban J connectivity index is 2.19. The van der Waals surface area contributed by atoms with Crippen LogP contribution >= 0.6 is 0 Å². The minimum atomic E-state index is 0.167. The van der Waals surface area contributed by atoms with Gasteiger partial charge in [-0.2, -0.15) is 0 Å². The van der Waals surface area contributed by atoms with Gasteiger partial charge in [0.2, 0.25) is 0 Å². The molecule has 1 atom stereocenters. The first-order valence-electron chi connectivity index (χ1n) is 6.85. The molecule has 100 valence electrons. The van der Waals surface area contributed by atoms with Gasteiger partial charge in [-0.1, -0.05) is 74.4 Å². The summed E-state index contributed by atoms with van der Waals surface area (Å²) < 4.78 is 0. The molecule has 1 heteroatoms. The number of Topliss-reactive ketones (excluding diaryl/α,β-unsaturated/α-hetero) is 1. The SMILES string of the molecule is CC1=C(CC(=O)c2ccccc2)C(C(C)(C)C)C=C1. The molecule has 0 N–H and O–H groups in total. The molecule has 0 aromatic heterocycles. The zero-order chi connectivity index (χ0) is 14.0. The second-order valence-corrected chi connectivity index (χ2v) is 6.38. The van der Waals surface area contributed by atoms with Gasteiger partial charge in [-0.25, -0.2) is 0 Å². The predicted molar refractivity (Wildman–Crippen MR) is 80.2 cm³/mol. The van der Waals surface area contributed by atoms with Gasteiger partial charge in [0.05, 0.1) is 0 Å². The van der Waals surface area contributed by atoms with Gasteiger partial charge in [0.1, 0.15) is 0 Å². The molecular weight excluding hydrogens is 232 g/mol. The average Bonchev–Trinajstić information content (AvgIpc) is 2.72. The standard InChI is InChI=1S/C18H22O/c1-13-10-11-16(18(2,3)4)15(13)12-17(19)14-8-6-5-7-9-14/h5-11,16H,12H2,1-4H3. The van der Waals surface area contributed by atoms with E-state index in [1.54, 1.807) is 0 Å². The maximum Gasteiger partial charge on any atom is 0.166 e. The molecule has 0 amide bonds. The lowest BCUT2D eigenvalue weighted by molar-refractivity contribution is 0.0988. The minimum absolute atomic E-state index is 0.167. The molecule has 0 fully saturated rings. The lowest BCUT2D eigenvalue weighted by Gasteiger charge is -2.28. The number of rotatable bonds is 3. The summed E-state index contributed by atoms with van der Waals surface area (Å²) >= 11 is 0. The molecular formula is C18H22O. The Labute approximate surface area is 116 Å². The molecule has 0 saturated carbocycles. The van der Waals surface area contributed by atoms with Gasteiger partial charge in [0, 0.05) is 17.9 Å². The third-order valence-corrected chi connectivity index (χ3v) is 3.80. The van der Waals surface area contributed by atoms with Crippen LogP contribution in [0.25, 0.3) is 0 Å². The van der Waals surface area contributed by atoms with Gasteiger partial charge in [-0.15, -0.1) is 0 Å². The lowest BCUT2D eigenvalue weighted by atomic mass is 9.76. The van der Waals surface area contributed by atoms with Gasteiger partial charge in [0.25, 0.3) is 0 Å². The van der Waals surface area contributed by atoms with Crippen LogP contribution in [0.5, 0.6) is 0 Å². The van der Waals surface area contributed by atoms with Gasteiger partial charge in [-0.3, -0.25) is 4.79 Å². The van der Waals surface area contributed by atoms with Crippen molar-refractivity contribution in [1.29, 1.82) is 0 Å². The fourth-order valence-corrected chi connectivity index (χ4v) is 2.67. The predicted octanol–water partition coefficient (Wildman–Crippen LogP) is 4.81. The van der Waals surface area contributed by atoms with Crippen molar-refractivity contribution < 1.29 is 4.79 Å². The highest BCUT2D eigenvalue weighted by Gasteiger charge is 2.30. The van der Waals surface area contributed by atoms with Gasteiger partial charge >= 0.3 is 0 Å². The first-order valence-corrected chi connectivity index (χ1v) is 6.85. The van der Waals surface area contributed by atoms with Crippen molar-refractivity contribution >= 4 is 5.78 Å². The number of carbonyl (C=O) groups excluding carboxylic acids is 1. The van der Waals surface area contributed by atoms with E-state index >= 15 is 0 Å². The molecule has 19 heavy (non-hydrogen) atoms. The topological polar surface area (TPSA) is 17.1 Å². The summed E-state index contributed by atoms with van der Waals surface area (Å²) in [5.41, 5.74) is 3.51. The van der Waals surface area contributed by atoms with E-state index in [1.807, 2.05) is 30.3 Å².